The molecule has 4 amide bonds. The van der Waals surface area contributed by atoms with Crippen LogP contribution in [0.2, 0.25) is 0 Å². The molecule has 190 valence electrons. The van der Waals surface area contributed by atoms with Crippen molar-refractivity contribution in [1.82, 2.24) is 20.4 Å². The number of carbonyl (C=O) groups is 3. The van der Waals surface area contributed by atoms with Crippen molar-refractivity contribution in [2.24, 2.45) is 5.92 Å². The van der Waals surface area contributed by atoms with Gasteiger partial charge in [-0.25, -0.2) is 4.79 Å². The first-order valence-electron chi connectivity index (χ1n) is 11.1. The molecular formula is C23H26N6O6S. The number of ether oxygens (including phenoxy) is 1. The molecule has 0 radical (unpaired) electrons. The van der Waals surface area contributed by atoms with Gasteiger partial charge in [-0.1, -0.05) is 12.1 Å². The number of fused-ring (bicyclic) bond motifs is 1. The third-order valence-electron chi connectivity index (χ3n) is 6.17. The molecule has 0 saturated carbocycles. The van der Waals surface area contributed by atoms with Crippen molar-refractivity contribution in [3.8, 4) is 5.75 Å². The van der Waals surface area contributed by atoms with E-state index < -0.39 is 34.6 Å². The second-order valence-electron chi connectivity index (χ2n) is 8.36. The van der Waals surface area contributed by atoms with Crippen molar-refractivity contribution >= 4 is 41.0 Å². The van der Waals surface area contributed by atoms with Gasteiger partial charge in [-0.2, -0.15) is 0 Å². The van der Waals surface area contributed by atoms with Gasteiger partial charge in [0.2, 0.25) is 11.8 Å². The highest BCUT2D eigenvalue weighted by atomic mass is 32.2. The number of benzene rings is 2. The Balaban J connectivity index is 1.54. The molecule has 2 saturated heterocycles. The number of thioether (sulfide) groups is 1. The topological polar surface area (TPSA) is 146 Å². The summed E-state index contributed by atoms with van der Waals surface area (Å²) in [5.41, 5.74) is 1.17. The number of methoxy groups -OCH3 is 1. The number of amides is 4. The fourth-order valence-electron chi connectivity index (χ4n) is 4.28. The fourth-order valence-corrected chi connectivity index (χ4v) is 5.39. The van der Waals surface area contributed by atoms with E-state index in [0.717, 1.165) is 4.90 Å². The van der Waals surface area contributed by atoms with Gasteiger partial charge in [-0.05, 0) is 29.8 Å². The van der Waals surface area contributed by atoms with E-state index in [1.165, 1.54) is 43.0 Å². The quantitative estimate of drug-likeness (QED) is 0.373. The summed E-state index contributed by atoms with van der Waals surface area (Å²) in [6.45, 7) is 0. The van der Waals surface area contributed by atoms with Gasteiger partial charge in [-0.3, -0.25) is 35.2 Å². The molecule has 0 aliphatic carbocycles. The average molecular weight is 515 g/mol. The SMILES string of the molecule is COc1ccccc1NC(=O)CSC1NC(c2ccc([N+](=O)[O-])cc2)NC2C1C(=O)N(C)C(=O)N2C. The summed E-state index contributed by atoms with van der Waals surface area (Å²) in [5.74, 6) is -0.766. The van der Waals surface area contributed by atoms with Crippen molar-refractivity contribution in [3.05, 3.63) is 64.2 Å². The Bertz CT molecular complexity index is 1180. The number of nitrogens with one attached hydrogen (secondary N) is 3. The number of nitrogens with zero attached hydrogens (tertiary/aromatic N) is 3. The maximum absolute atomic E-state index is 13.1. The van der Waals surface area contributed by atoms with Crippen LogP contribution in [0.4, 0.5) is 16.2 Å². The zero-order valence-electron chi connectivity index (χ0n) is 19.8. The van der Waals surface area contributed by atoms with E-state index in [9.17, 15) is 24.5 Å². The highest BCUT2D eigenvalue weighted by Gasteiger charge is 2.51. The van der Waals surface area contributed by atoms with E-state index in [1.807, 2.05) is 0 Å². The predicted molar refractivity (Wildman–Crippen MR) is 133 cm³/mol. The zero-order valence-corrected chi connectivity index (χ0v) is 20.7. The van der Waals surface area contributed by atoms with Crippen LogP contribution >= 0.6 is 11.8 Å². The van der Waals surface area contributed by atoms with Crippen molar-refractivity contribution in [2.75, 3.05) is 32.3 Å². The summed E-state index contributed by atoms with van der Waals surface area (Å²) in [6.07, 6.45) is -1.16. The van der Waals surface area contributed by atoms with Gasteiger partial charge in [0.15, 0.2) is 0 Å². The molecule has 2 aromatic rings. The number of carbonyl (C=O) groups excluding carboxylic acids is 3. The van der Waals surface area contributed by atoms with E-state index in [4.69, 9.17) is 4.74 Å². The van der Waals surface area contributed by atoms with Gasteiger partial charge in [-0.15, -0.1) is 11.8 Å². The molecule has 36 heavy (non-hydrogen) atoms. The normalized spacial score (nSPS) is 23.8. The maximum Gasteiger partial charge on any atom is 0.327 e. The van der Waals surface area contributed by atoms with Crippen LogP contribution in [0.1, 0.15) is 11.7 Å². The lowest BCUT2D eigenvalue weighted by Gasteiger charge is -2.50. The summed E-state index contributed by atoms with van der Waals surface area (Å²) in [4.78, 5) is 51.5. The third kappa shape index (κ3) is 4.98. The molecule has 3 N–H and O–H groups in total. The molecule has 4 atom stereocenters. The average Bonchev–Trinajstić information content (AvgIpc) is 2.89. The Morgan fingerprint density at radius 2 is 1.83 bits per heavy atom. The Kier molecular flexibility index (Phi) is 7.43. The van der Waals surface area contributed by atoms with Crippen LogP contribution in [0.3, 0.4) is 0 Å². The number of para-hydroxylation sites is 2. The number of nitro benzene ring substituents is 1. The summed E-state index contributed by atoms with van der Waals surface area (Å²) >= 11 is 1.24. The molecule has 2 aliphatic rings. The number of urea groups is 1. The van der Waals surface area contributed by atoms with Crippen LogP contribution in [0.25, 0.3) is 0 Å². The first kappa shape index (κ1) is 25.4. The van der Waals surface area contributed by atoms with E-state index in [0.29, 0.717) is 17.0 Å². The highest BCUT2D eigenvalue weighted by molar-refractivity contribution is 8.00. The minimum atomic E-state index is -0.670. The summed E-state index contributed by atoms with van der Waals surface area (Å²) < 4.78 is 5.27. The maximum atomic E-state index is 13.1. The molecule has 2 aliphatic heterocycles. The van der Waals surface area contributed by atoms with Gasteiger partial charge in [0.05, 0.1) is 47.1 Å². The smallest absolute Gasteiger partial charge is 0.327 e. The molecule has 2 aromatic carbocycles. The first-order valence-corrected chi connectivity index (χ1v) is 12.1. The molecule has 2 heterocycles. The monoisotopic (exact) mass is 514 g/mol. The van der Waals surface area contributed by atoms with Crippen molar-refractivity contribution in [3.63, 3.8) is 0 Å². The highest BCUT2D eigenvalue weighted by Crippen LogP contribution is 2.35. The lowest BCUT2D eigenvalue weighted by molar-refractivity contribution is -0.384. The summed E-state index contributed by atoms with van der Waals surface area (Å²) in [7, 11) is 4.54. The Labute approximate surface area is 211 Å². The van der Waals surface area contributed by atoms with E-state index >= 15 is 0 Å². The van der Waals surface area contributed by atoms with Crippen molar-refractivity contribution in [1.29, 1.82) is 0 Å². The number of hydrogen-bond acceptors (Lipinski definition) is 9. The van der Waals surface area contributed by atoms with Crippen molar-refractivity contribution < 1.29 is 24.0 Å². The third-order valence-corrected chi connectivity index (χ3v) is 7.39. The number of anilines is 1. The number of rotatable bonds is 7. The zero-order chi connectivity index (χ0) is 26.0. The van der Waals surface area contributed by atoms with Crippen LogP contribution in [0, 0.1) is 16.0 Å². The van der Waals surface area contributed by atoms with Crippen LogP contribution in [-0.2, 0) is 9.59 Å². The summed E-state index contributed by atoms with van der Waals surface area (Å²) in [5, 5.41) is 19.9. The van der Waals surface area contributed by atoms with Crippen LogP contribution in [0.15, 0.2) is 48.5 Å². The van der Waals surface area contributed by atoms with E-state index in [2.05, 4.69) is 16.0 Å². The molecule has 4 rings (SSSR count). The molecular weight excluding hydrogens is 488 g/mol. The van der Waals surface area contributed by atoms with Crippen LogP contribution < -0.4 is 20.7 Å². The van der Waals surface area contributed by atoms with Gasteiger partial charge in [0.25, 0.3) is 5.69 Å². The second-order valence-corrected chi connectivity index (χ2v) is 9.49. The Morgan fingerprint density at radius 3 is 2.50 bits per heavy atom. The summed E-state index contributed by atoms with van der Waals surface area (Å²) in [6, 6.07) is 12.6. The second kappa shape index (κ2) is 10.5. The lowest BCUT2D eigenvalue weighted by atomic mass is 9.96. The molecule has 4 unspecified atom stereocenters. The van der Waals surface area contributed by atoms with E-state index in [-0.39, 0.29) is 23.3 Å². The van der Waals surface area contributed by atoms with Gasteiger partial charge in [0, 0.05) is 26.2 Å². The number of non-ortho nitro benzene ring substituents is 1. The molecule has 0 aromatic heterocycles. The fraction of sp³-hybridized carbons (Fsp3) is 0.348. The van der Waals surface area contributed by atoms with Gasteiger partial charge < -0.3 is 15.0 Å². The molecule has 2 fully saturated rings. The predicted octanol–water partition coefficient (Wildman–Crippen LogP) is 1.96. The molecule has 12 nitrogen and oxygen atoms in total. The Morgan fingerprint density at radius 1 is 1.14 bits per heavy atom. The molecule has 13 heteroatoms. The molecule has 0 spiro atoms. The lowest BCUT2D eigenvalue weighted by Crippen LogP contribution is -2.72. The standard InChI is InChI=1S/C23H26N6O6S/c1-27-20-18(22(31)28(2)23(27)32)21(26-19(25-20)13-8-10-14(11-9-13)29(33)34)36-12-17(30)24-15-6-4-5-7-16(15)35-3/h4-11,18-21,25-26H,12H2,1-3H3,(H,24,30). The van der Waals surface area contributed by atoms with Gasteiger partial charge >= 0.3 is 6.03 Å². The van der Waals surface area contributed by atoms with E-state index in [1.54, 1.807) is 43.4 Å². The van der Waals surface area contributed by atoms with Crippen LogP contribution in [-0.4, -0.2) is 71.1 Å². The van der Waals surface area contributed by atoms with Crippen LogP contribution in [0.5, 0.6) is 5.75 Å². The minimum absolute atomic E-state index is 0.0283. The van der Waals surface area contributed by atoms with Gasteiger partial charge in [0.1, 0.15) is 5.75 Å². The largest absolute Gasteiger partial charge is 0.495 e. The Hall–Kier alpha value is -3.68. The number of hydrogen-bond donors (Lipinski definition) is 3. The van der Waals surface area contributed by atoms with Crippen molar-refractivity contribution in [2.45, 2.75) is 17.7 Å². The molecule has 0 bridgehead atoms. The minimum Gasteiger partial charge on any atom is -0.495 e. The number of nitro groups is 1. The first-order chi connectivity index (χ1) is 17.2. The number of imide groups is 1.